The second kappa shape index (κ2) is 9.51. The molecule has 190 valence electrons. The molecule has 1 saturated heterocycles. The number of nitrogens with one attached hydrogen (secondary N) is 1. The summed E-state index contributed by atoms with van der Waals surface area (Å²) in [4.78, 5) is 8.06. The molecule has 1 fully saturated rings. The quantitative estimate of drug-likeness (QED) is 0.398. The van der Waals surface area contributed by atoms with Gasteiger partial charge in [-0.3, -0.25) is 9.55 Å². The SMILES string of the molecule is Cc1c(-c2cc(OCC(C)(O)c3ccc(F)cn3)c3c(c2)ncn3C(F)F)nnn1C1CCNCC1. The molecule has 1 atom stereocenters. The Hall–Kier alpha value is -3.51. The molecule has 0 spiro atoms. The van der Waals surface area contributed by atoms with Gasteiger partial charge in [-0.2, -0.15) is 8.78 Å². The third-order valence-electron chi connectivity index (χ3n) is 6.49. The maximum atomic E-state index is 13.7. The Labute approximate surface area is 204 Å². The minimum absolute atomic E-state index is 0.0833. The fourth-order valence-corrected chi connectivity index (χ4v) is 4.52. The second-order valence-corrected chi connectivity index (χ2v) is 9.15. The lowest BCUT2D eigenvalue weighted by molar-refractivity contribution is 0.00395. The molecule has 4 heterocycles. The zero-order valence-corrected chi connectivity index (χ0v) is 19.8. The fraction of sp³-hybridized carbons (Fsp3) is 0.417. The number of piperidine rings is 1. The summed E-state index contributed by atoms with van der Waals surface area (Å²) in [5.41, 5.74) is 0.994. The highest BCUT2D eigenvalue weighted by Crippen LogP contribution is 2.36. The van der Waals surface area contributed by atoms with E-state index >= 15 is 0 Å². The van der Waals surface area contributed by atoms with Crippen LogP contribution < -0.4 is 10.1 Å². The number of alkyl halides is 2. The second-order valence-electron chi connectivity index (χ2n) is 9.15. The third kappa shape index (κ3) is 4.53. The van der Waals surface area contributed by atoms with Gasteiger partial charge < -0.3 is 15.2 Å². The molecule has 1 aliphatic heterocycles. The topological polar surface area (TPSA) is 103 Å². The van der Waals surface area contributed by atoms with E-state index in [2.05, 4.69) is 25.6 Å². The summed E-state index contributed by atoms with van der Waals surface area (Å²) < 4.78 is 49.2. The van der Waals surface area contributed by atoms with E-state index in [1.54, 1.807) is 12.1 Å². The van der Waals surface area contributed by atoms with Crippen molar-refractivity contribution in [3.05, 3.63) is 54.0 Å². The summed E-state index contributed by atoms with van der Waals surface area (Å²) in [5, 5.41) is 23.0. The van der Waals surface area contributed by atoms with Crippen molar-refractivity contribution in [2.24, 2.45) is 0 Å². The van der Waals surface area contributed by atoms with Crippen LogP contribution in [-0.2, 0) is 5.60 Å². The van der Waals surface area contributed by atoms with Crippen molar-refractivity contribution >= 4 is 11.0 Å². The Morgan fingerprint density at radius 3 is 2.69 bits per heavy atom. The van der Waals surface area contributed by atoms with Crippen molar-refractivity contribution in [1.82, 2.24) is 34.8 Å². The van der Waals surface area contributed by atoms with Gasteiger partial charge >= 0.3 is 6.55 Å². The van der Waals surface area contributed by atoms with E-state index in [4.69, 9.17) is 4.74 Å². The van der Waals surface area contributed by atoms with Crippen LogP contribution >= 0.6 is 0 Å². The van der Waals surface area contributed by atoms with Gasteiger partial charge in [0, 0.05) is 5.56 Å². The largest absolute Gasteiger partial charge is 0.488 e. The Morgan fingerprint density at radius 1 is 1.22 bits per heavy atom. The van der Waals surface area contributed by atoms with Gasteiger partial charge in [-0.15, -0.1) is 5.10 Å². The first-order valence-corrected chi connectivity index (χ1v) is 11.6. The van der Waals surface area contributed by atoms with Crippen LogP contribution in [0, 0.1) is 12.7 Å². The van der Waals surface area contributed by atoms with Crippen molar-refractivity contribution < 1.29 is 23.0 Å². The van der Waals surface area contributed by atoms with Crippen molar-refractivity contribution in [3.8, 4) is 17.0 Å². The van der Waals surface area contributed by atoms with E-state index in [0.29, 0.717) is 15.8 Å². The Morgan fingerprint density at radius 2 is 2.00 bits per heavy atom. The molecule has 2 N–H and O–H groups in total. The number of pyridine rings is 1. The third-order valence-corrected chi connectivity index (χ3v) is 6.49. The first-order valence-electron chi connectivity index (χ1n) is 11.6. The molecule has 0 radical (unpaired) electrons. The minimum atomic E-state index is -2.84. The maximum Gasteiger partial charge on any atom is 0.320 e. The molecule has 36 heavy (non-hydrogen) atoms. The molecule has 1 aromatic carbocycles. The Balaban J connectivity index is 1.52. The average Bonchev–Trinajstić information content (AvgIpc) is 3.47. The highest BCUT2D eigenvalue weighted by Gasteiger charge is 2.28. The number of hydrogen-bond acceptors (Lipinski definition) is 7. The van der Waals surface area contributed by atoms with Crippen molar-refractivity contribution in [2.75, 3.05) is 19.7 Å². The standard InChI is InChI=1S/C24H26F3N7O2/c1-14-21(31-32-34(14)17-5-7-28-8-6-17)15-9-18-22(33(13-30-18)23(26)27)19(10-15)36-12-24(2,35)20-4-3-16(25)11-29-20/h3-4,9-11,13,17,23,28,35H,5-8,12H2,1-2H3. The molecule has 1 aliphatic rings. The number of fused-ring (bicyclic) bond motifs is 1. The summed E-state index contributed by atoms with van der Waals surface area (Å²) >= 11 is 0. The van der Waals surface area contributed by atoms with Gasteiger partial charge in [-0.1, -0.05) is 5.21 Å². The van der Waals surface area contributed by atoms with E-state index in [-0.39, 0.29) is 35.1 Å². The number of rotatable bonds is 7. The first-order chi connectivity index (χ1) is 17.2. The van der Waals surface area contributed by atoms with Crippen molar-refractivity contribution in [1.29, 1.82) is 0 Å². The lowest BCUT2D eigenvalue weighted by Crippen LogP contribution is -2.30. The van der Waals surface area contributed by atoms with E-state index in [1.165, 1.54) is 19.1 Å². The molecule has 12 heteroatoms. The van der Waals surface area contributed by atoms with Crippen LogP contribution in [0.25, 0.3) is 22.3 Å². The smallest absolute Gasteiger partial charge is 0.320 e. The van der Waals surface area contributed by atoms with Crippen LogP contribution in [0.2, 0.25) is 0 Å². The number of halogens is 3. The van der Waals surface area contributed by atoms with Crippen LogP contribution in [0.1, 0.15) is 43.7 Å². The highest BCUT2D eigenvalue weighted by atomic mass is 19.3. The Bertz CT molecular complexity index is 1360. The van der Waals surface area contributed by atoms with E-state index < -0.39 is 18.0 Å². The average molecular weight is 502 g/mol. The molecule has 5 rings (SSSR count). The van der Waals surface area contributed by atoms with Crippen LogP contribution in [0.3, 0.4) is 0 Å². The number of imidazole rings is 1. The molecular formula is C24H26F3N7O2. The highest BCUT2D eigenvalue weighted by molar-refractivity contribution is 5.87. The number of nitrogens with zero attached hydrogens (tertiary/aromatic N) is 6. The van der Waals surface area contributed by atoms with Gasteiger partial charge in [0.05, 0.1) is 29.1 Å². The van der Waals surface area contributed by atoms with Gasteiger partial charge in [-0.05, 0) is 64.0 Å². The van der Waals surface area contributed by atoms with Crippen LogP contribution in [0.4, 0.5) is 13.2 Å². The monoisotopic (exact) mass is 501 g/mol. The van der Waals surface area contributed by atoms with Gasteiger partial charge in [0.1, 0.15) is 41.3 Å². The lowest BCUT2D eigenvalue weighted by atomic mass is 10.0. The molecule has 0 aliphatic carbocycles. The lowest BCUT2D eigenvalue weighted by Gasteiger charge is -2.24. The molecule has 3 aromatic heterocycles. The van der Waals surface area contributed by atoms with E-state index in [1.807, 2.05) is 11.6 Å². The summed E-state index contributed by atoms with van der Waals surface area (Å²) in [5.74, 6) is -0.447. The number of hydrogen-bond donors (Lipinski definition) is 2. The molecule has 9 nitrogen and oxygen atoms in total. The fourth-order valence-electron chi connectivity index (χ4n) is 4.52. The molecule has 0 bridgehead atoms. The maximum absolute atomic E-state index is 13.7. The number of ether oxygens (including phenoxy) is 1. The normalized spacial score (nSPS) is 16.5. The van der Waals surface area contributed by atoms with Gasteiger partial charge in [-0.25, -0.2) is 14.1 Å². The van der Waals surface area contributed by atoms with E-state index in [9.17, 15) is 18.3 Å². The van der Waals surface area contributed by atoms with Gasteiger partial charge in [0.15, 0.2) is 0 Å². The molecule has 0 saturated carbocycles. The molecule has 1 unspecified atom stereocenters. The molecular weight excluding hydrogens is 475 g/mol. The summed E-state index contributed by atoms with van der Waals surface area (Å²) in [7, 11) is 0. The molecule has 4 aromatic rings. The van der Waals surface area contributed by atoms with Crippen molar-refractivity contribution in [3.63, 3.8) is 0 Å². The zero-order valence-electron chi connectivity index (χ0n) is 19.8. The zero-order chi connectivity index (χ0) is 25.4. The predicted molar refractivity (Wildman–Crippen MR) is 125 cm³/mol. The summed E-state index contributed by atoms with van der Waals surface area (Å²) in [6.07, 6.45) is 3.90. The first kappa shape index (κ1) is 24.2. The summed E-state index contributed by atoms with van der Waals surface area (Å²) in [6, 6.07) is 6.01. The van der Waals surface area contributed by atoms with E-state index in [0.717, 1.165) is 44.1 Å². The minimum Gasteiger partial charge on any atom is -0.488 e. The van der Waals surface area contributed by atoms with Gasteiger partial charge in [0.25, 0.3) is 0 Å². The number of benzene rings is 1. The van der Waals surface area contributed by atoms with Crippen LogP contribution in [0.15, 0.2) is 36.8 Å². The molecule has 0 amide bonds. The number of aliphatic hydroxyl groups is 1. The van der Waals surface area contributed by atoms with Gasteiger partial charge in [0.2, 0.25) is 0 Å². The predicted octanol–water partition coefficient (Wildman–Crippen LogP) is 3.74. The summed E-state index contributed by atoms with van der Waals surface area (Å²) in [6.45, 7) is 2.01. The van der Waals surface area contributed by atoms with Crippen LogP contribution in [0.5, 0.6) is 5.75 Å². The number of aromatic nitrogens is 6. The Kier molecular flexibility index (Phi) is 6.39. The van der Waals surface area contributed by atoms with Crippen LogP contribution in [-0.4, -0.2) is 54.3 Å². The van der Waals surface area contributed by atoms with Crippen molar-refractivity contribution in [2.45, 2.75) is 44.9 Å².